The van der Waals surface area contributed by atoms with Gasteiger partial charge < -0.3 is 25.0 Å². The number of likely N-dealkylation sites (N-methyl/N-ethyl adjacent to an activating group) is 1. The summed E-state index contributed by atoms with van der Waals surface area (Å²) in [4.78, 5) is 53.5. The van der Waals surface area contributed by atoms with Crippen LogP contribution in [0.3, 0.4) is 0 Å². The molecule has 1 saturated carbocycles. The van der Waals surface area contributed by atoms with Crippen molar-refractivity contribution in [2.45, 2.75) is 76.6 Å². The molecule has 0 heterocycles. The molecule has 0 saturated heterocycles. The van der Waals surface area contributed by atoms with Gasteiger partial charge in [0.25, 0.3) is 5.91 Å². The Morgan fingerprint density at radius 1 is 1.05 bits per heavy atom. The van der Waals surface area contributed by atoms with Crippen molar-refractivity contribution in [3.8, 4) is 5.75 Å². The van der Waals surface area contributed by atoms with Crippen LogP contribution in [0.25, 0.3) is 0 Å². The Labute approximate surface area is 225 Å². The van der Waals surface area contributed by atoms with Crippen LogP contribution in [0.5, 0.6) is 5.75 Å². The van der Waals surface area contributed by atoms with Crippen molar-refractivity contribution in [1.29, 1.82) is 0 Å². The van der Waals surface area contributed by atoms with Gasteiger partial charge in [0.15, 0.2) is 6.61 Å². The second kappa shape index (κ2) is 14.3. The molecule has 0 aromatic heterocycles. The zero-order valence-electron chi connectivity index (χ0n) is 22.5. The van der Waals surface area contributed by atoms with Gasteiger partial charge in [-0.3, -0.25) is 14.4 Å². The lowest BCUT2D eigenvalue weighted by Gasteiger charge is -2.32. The lowest BCUT2D eigenvalue weighted by Crippen LogP contribution is -2.61. The molecule has 3 amide bonds. The predicted molar refractivity (Wildman–Crippen MR) is 144 cm³/mol. The lowest BCUT2D eigenvalue weighted by molar-refractivity contribution is -0.154. The number of benzene rings is 1. The average Bonchev–Trinajstić information content (AvgIpc) is 3.37. The molecule has 2 rings (SSSR count). The van der Waals surface area contributed by atoms with Crippen LogP contribution in [0, 0.1) is 5.92 Å². The summed E-state index contributed by atoms with van der Waals surface area (Å²) in [6.07, 6.45) is 2.64. The van der Waals surface area contributed by atoms with Crippen molar-refractivity contribution < 1.29 is 28.7 Å². The van der Waals surface area contributed by atoms with Crippen LogP contribution >= 0.6 is 12.6 Å². The van der Waals surface area contributed by atoms with Crippen molar-refractivity contribution in [3.05, 3.63) is 29.8 Å². The molecule has 0 aliphatic heterocycles. The van der Waals surface area contributed by atoms with Gasteiger partial charge in [0.05, 0.1) is 12.4 Å². The van der Waals surface area contributed by atoms with E-state index in [4.69, 9.17) is 9.47 Å². The number of esters is 1. The van der Waals surface area contributed by atoms with Gasteiger partial charge in [0.1, 0.15) is 17.3 Å². The number of rotatable bonds is 13. The van der Waals surface area contributed by atoms with Crippen LogP contribution in [-0.4, -0.2) is 72.2 Å². The number of hydrogen-bond donors (Lipinski definition) is 3. The normalized spacial score (nSPS) is 16.0. The van der Waals surface area contributed by atoms with Crippen LogP contribution in [0.1, 0.15) is 58.9 Å². The number of nitrogens with one attached hydrogen (secondary N) is 2. The minimum atomic E-state index is -1.12. The number of amides is 3. The number of nitrogens with zero attached hydrogens (tertiary/aromatic N) is 1. The zero-order valence-corrected chi connectivity index (χ0v) is 23.4. The van der Waals surface area contributed by atoms with Crippen molar-refractivity contribution in [2.75, 3.05) is 26.8 Å². The number of carbonyl (C=O) groups excluding carboxylic acids is 4. The highest BCUT2D eigenvalue weighted by atomic mass is 32.1. The molecule has 0 unspecified atom stereocenters. The predicted octanol–water partition coefficient (Wildman–Crippen LogP) is 2.52. The topological polar surface area (TPSA) is 114 Å². The summed E-state index contributed by atoms with van der Waals surface area (Å²) in [7, 11) is 1.56. The van der Waals surface area contributed by atoms with Crippen LogP contribution in [0.2, 0.25) is 0 Å². The Hall–Kier alpha value is -2.75. The first-order valence-electron chi connectivity index (χ1n) is 12.9. The molecule has 37 heavy (non-hydrogen) atoms. The van der Waals surface area contributed by atoms with E-state index in [0.29, 0.717) is 31.7 Å². The summed E-state index contributed by atoms with van der Waals surface area (Å²) < 4.78 is 10.5. The van der Waals surface area contributed by atoms with Crippen LogP contribution < -0.4 is 15.4 Å². The molecule has 0 radical (unpaired) electrons. The van der Waals surface area contributed by atoms with E-state index in [1.807, 2.05) is 27.7 Å². The highest BCUT2D eigenvalue weighted by molar-refractivity contribution is 7.81. The fourth-order valence-electron chi connectivity index (χ4n) is 4.39. The molecule has 2 atom stereocenters. The van der Waals surface area contributed by atoms with Crippen molar-refractivity contribution >= 4 is 36.3 Å². The number of methoxy groups -OCH3 is 1. The third kappa shape index (κ3) is 8.38. The number of thiol groups is 1. The summed E-state index contributed by atoms with van der Waals surface area (Å²) in [6.45, 7) is 8.07. The Morgan fingerprint density at radius 2 is 1.65 bits per heavy atom. The minimum Gasteiger partial charge on any atom is -0.497 e. The smallest absolute Gasteiger partial charge is 0.329 e. The second-order valence-corrected chi connectivity index (χ2v) is 10.3. The van der Waals surface area contributed by atoms with E-state index in [0.717, 1.165) is 18.4 Å². The maximum atomic E-state index is 13.6. The quantitative estimate of drug-likeness (QED) is 0.264. The van der Waals surface area contributed by atoms with E-state index in [2.05, 4.69) is 23.3 Å². The van der Waals surface area contributed by atoms with Gasteiger partial charge in [-0.15, -0.1) is 0 Å². The molecule has 1 aliphatic carbocycles. The van der Waals surface area contributed by atoms with E-state index in [1.165, 1.54) is 0 Å². The van der Waals surface area contributed by atoms with Crippen molar-refractivity contribution in [1.82, 2.24) is 15.5 Å². The van der Waals surface area contributed by atoms with Crippen molar-refractivity contribution in [2.24, 2.45) is 5.92 Å². The maximum absolute atomic E-state index is 13.6. The van der Waals surface area contributed by atoms with Gasteiger partial charge in [-0.1, -0.05) is 38.8 Å². The molecule has 206 valence electrons. The van der Waals surface area contributed by atoms with E-state index >= 15 is 0 Å². The zero-order chi connectivity index (χ0) is 27.6. The summed E-state index contributed by atoms with van der Waals surface area (Å²) in [5, 5.41) is 5.18. The van der Waals surface area contributed by atoms with E-state index in [1.54, 1.807) is 36.3 Å². The fourth-order valence-corrected chi connectivity index (χ4v) is 4.45. The van der Waals surface area contributed by atoms with E-state index < -0.39 is 35.3 Å². The minimum absolute atomic E-state index is 0.00834. The Bertz CT molecular complexity index is 927. The van der Waals surface area contributed by atoms with Gasteiger partial charge in [0.2, 0.25) is 11.8 Å². The van der Waals surface area contributed by atoms with Gasteiger partial charge in [-0.05, 0) is 50.3 Å². The summed E-state index contributed by atoms with van der Waals surface area (Å²) in [6, 6.07) is 6.08. The molecule has 0 spiro atoms. The number of carbonyl (C=O) groups is 4. The highest BCUT2D eigenvalue weighted by Gasteiger charge is 2.44. The van der Waals surface area contributed by atoms with Gasteiger partial charge in [-0.2, -0.15) is 12.6 Å². The number of hydrogen-bond acceptors (Lipinski definition) is 7. The third-order valence-electron chi connectivity index (χ3n) is 6.80. The number of ether oxygens (including phenoxy) is 2. The molecule has 9 nitrogen and oxygen atoms in total. The molecule has 0 bridgehead atoms. The molecule has 1 aromatic carbocycles. The third-order valence-corrected chi connectivity index (χ3v) is 7.63. The molecule has 10 heteroatoms. The van der Waals surface area contributed by atoms with Crippen LogP contribution in [0.4, 0.5) is 0 Å². The first-order valence-corrected chi connectivity index (χ1v) is 13.5. The van der Waals surface area contributed by atoms with E-state index in [9.17, 15) is 19.2 Å². The first-order chi connectivity index (χ1) is 17.6. The molecule has 1 aromatic rings. The summed E-state index contributed by atoms with van der Waals surface area (Å²) >= 11 is 4.40. The summed E-state index contributed by atoms with van der Waals surface area (Å²) in [5.41, 5.74) is -0.347. The lowest BCUT2D eigenvalue weighted by atomic mass is 9.94. The molecule has 1 aliphatic rings. The van der Waals surface area contributed by atoms with Gasteiger partial charge in [0, 0.05) is 19.5 Å². The van der Waals surface area contributed by atoms with Crippen LogP contribution in [-0.2, 0) is 30.3 Å². The molecule has 2 N–H and O–H groups in total. The highest BCUT2D eigenvalue weighted by Crippen LogP contribution is 2.31. The Morgan fingerprint density at radius 3 is 2.16 bits per heavy atom. The molecular weight excluding hydrogens is 494 g/mol. The van der Waals surface area contributed by atoms with Crippen molar-refractivity contribution in [3.63, 3.8) is 0 Å². The average molecular weight is 536 g/mol. The monoisotopic (exact) mass is 535 g/mol. The Balaban J connectivity index is 2.23. The van der Waals surface area contributed by atoms with Gasteiger partial charge >= 0.3 is 5.97 Å². The SMILES string of the molecule is CCN(CC)C(=O)COC(=O)[C@H](Cc1ccc(OC)cc1)NC(=O)C1(NC(=O)[C@@H](S)C(C)C)CCCC1. The molecular formula is C27H41N3O6S. The van der Waals surface area contributed by atoms with Gasteiger partial charge in [-0.25, -0.2) is 4.79 Å². The standard InChI is InChI=1S/C27H41N3O6S/c1-6-30(7-2)22(31)17-36-25(33)21(16-19-10-12-20(35-5)13-11-19)28-26(34)27(14-8-9-15-27)29-24(32)23(37)18(3)4/h10-13,18,21,23,37H,6-9,14-17H2,1-5H3,(H,28,34)(H,29,32)/t21-,23-/m0/s1. The second-order valence-electron chi connectivity index (χ2n) is 9.72. The maximum Gasteiger partial charge on any atom is 0.329 e. The first kappa shape index (κ1) is 30.5. The Kier molecular flexibility index (Phi) is 11.7. The van der Waals surface area contributed by atoms with Crippen LogP contribution in [0.15, 0.2) is 24.3 Å². The largest absolute Gasteiger partial charge is 0.497 e. The summed E-state index contributed by atoms with van der Waals surface area (Å²) in [5.74, 6) is -1.11. The molecule has 1 fully saturated rings. The van der Waals surface area contributed by atoms with E-state index in [-0.39, 0.29) is 24.2 Å². The fraction of sp³-hybridized carbons (Fsp3) is 0.630.